The first-order valence-electron chi connectivity index (χ1n) is 4.75. The molecule has 8 heteroatoms. The minimum Gasteiger partial charge on any atom is -0.347 e. The van der Waals surface area contributed by atoms with Crippen LogP contribution < -0.4 is 0 Å². The summed E-state index contributed by atoms with van der Waals surface area (Å²) in [6, 6.07) is 0. The summed E-state index contributed by atoms with van der Waals surface area (Å²) in [7, 11) is 0. The molecule has 1 fully saturated rings. The molecule has 1 aliphatic rings. The van der Waals surface area contributed by atoms with E-state index in [0.717, 1.165) is 0 Å². The summed E-state index contributed by atoms with van der Waals surface area (Å²) in [5, 5.41) is 0. The van der Waals surface area contributed by atoms with Crippen LogP contribution in [0.3, 0.4) is 0 Å². The van der Waals surface area contributed by atoms with E-state index in [1.165, 1.54) is 13.8 Å². The van der Waals surface area contributed by atoms with E-state index < -0.39 is 36.3 Å². The number of alkyl halides is 6. The van der Waals surface area contributed by atoms with Gasteiger partial charge in [-0.15, -0.1) is 0 Å². The molecule has 0 bridgehead atoms. The molecule has 0 N–H and O–H groups in total. The van der Waals surface area contributed by atoms with E-state index in [-0.39, 0.29) is 0 Å². The predicted molar refractivity (Wildman–Crippen MR) is 45.4 cm³/mol. The average Bonchev–Trinajstić information content (AvgIpc) is 2.39. The van der Waals surface area contributed by atoms with Gasteiger partial charge in [0.1, 0.15) is 0 Å². The van der Waals surface area contributed by atoms with E-state index in [1.54, 1.807) is 0 Å². The van der Waals surface area contributed by atoms with Gasteiger partial charge in [0, 0.05) is 0 Å². The van der Waals surface area contributed by atoms with Gasteiger partial charge in [-0.1, -0.05) is 0 Å². The zero-order valence-corrected chi connectivity index (χ0v) is 9.37. The molecule has 0 aromatic rings. The van der Waals surface area contributed by atoms with Crippen LogP contribution in [-0.2, 0) is 9.47 Å². The van der Waals surface area contributed by atoms with E-state index >= 15 is 0 Å². The van der Waals surface area contributed by atoms with Gasteiger partial charge in [0.15, 0.2) is 11.4 Å². The van der Waals surface area contributed by atoms with Crippen LogP contribution in [0.1, 0.15) is 20.8 Å². The second-order valence-corrected chi connectivity index (χ2v) is 4.55. The van der Waals surface area contributed by atoms with Crippen LogP contribution in [0.25, 0.3) is 0 Å². The highest BCUT2D eigenvalue weighted by atomic mass is 19.4. The van der Waals surface area contributed by atoms with Gasteiger partial charge in [-0.05, 0) is 20.8 Å². The second kappa shape index (κ2) is 3.74. The molecular weight excluding hydrogens is 254 g/mol. The van der Waals surface area contributed by atoms with Gasteiger partial charge in [0.05, 0.1) is 6.61 Å². The van der Waals surface area contributed by atoms with E-state index in [1.807, 2.05) is 0 Å². The second-order valence-electron chi connectivity index (χ2n) is 4.55. The molecule has 0 radical (unpaired) electrons. The van der Waals surface area contributed by atoms with Crippen molar-refractivity contribution in [3.05, 3.63) is 0 Å². The predicted octanol–water partition coefficient (Wildman–Crippen LogP) is 3.06. The number of hydrogen-bond acceptors (Lipinski definition) is 2. The first-order valence-corrected chi connectivity index (χ1v) is 4.75. The fourth-order valence-corrected chi connectivity index (χ4v) is 1.55. The number of halogens is 6. The SMILES string of the molecule is CC1(C)OCC(C)(C(F)(F)C(F)C(F)(F)F)O1. The molecule has 0 amide bonds. The quantitative estimate of drug-likeness (QED) is 0.715. The molecule has 2 atom stereocenters. The Bertz CT molecular complexity index is 300. The summed E-state index contributed by atoms with van der Waals surface area (Å²) in [5.41, 5.74) is -2.65. The minimum atomic E-state index is -5.65. The Labute approximate surface area is 93.9 Å². The Hall–Kier alpha value is -0.500. The topological polar surface area (TPSA) is 18.5 Å². The number of hydrogen-bond donors (Lipinski definition) is 0. The van der Waals surface area contributed by atoms with Gasteiger partial charge >= 0.3 is 12.1 Å². The van der Waals surface area contributed by atoms with Crippen molar-refractivity contribution >= 4 is 0 Å². The van der Waals surface area contributed by atoms with E-state index in [4.69, 9.17) is 9.47 Å². The summed E-state index contributed by atoms with van der Waals surface area (Å²) < 4.78 is 85.2. The largest absolute Gasteiger partial charge is 0.425 e. The van der Waals surface area contributed by atoms with Crippen LogP contribution in [0.5, 0.6) is 0 Å². The maximum atomic E-state index is 13.4. The summed E-state index contributed by atoms with van der Waals surface area (Å²) in [6.07, 6.45) is -9.94. The van der Waals surface area contributed by atoms with Crippen molar-refractivity contribution < 1.29 is 35.8 Å². The summed E-state index contributed by atoms with van der Waals surface area (Å²) in [5.74, 6) is -6.19. The maximum Gasteiger partial charge on any atom is 0.425 e. The number of rotatable bonds is 2. The fraction of sp³-hybridized carbons (Fsp3) is 1.00. The Balaban J connectivity index is 2.99. The maximum absolute atomic E-state index is 13.4. The Morgan fingerprint density at radius 1 is 1.06 bits per heavy atom. The van der Waals surface area contributed by atoms with Crippen molar-refractivity contribution in [3.63, 3.8) is 0 Å². The molecular formula is C9H12F6O2. The molecule has 0 spiro atoms. The molecule has 1 rings (SSSR count). The highest BCUT2D eigenvalue weighted by Gasteiger charge is 2.69. The van der Waals surface area contributed by atoms with Crippen molar-refractivity contribution in [2.24, 2.45) is 0 Å². The van der Waals surface area contributed by atoms with Gasteiger partial charge in [0.25, 0.3) is 6.17 Å². The molecule has 1 heterocycles. The van der Waals surface area contributed by atoms with Gasteiger partial charge in [-0.3, -0.25) is 0 Å². The fourth-order valence-electron chi connectivity index (χ4n) is 1.55. The lowest BCUT2D eigenvalue weighted by Gasteiger charge is -2.35. The molecule has 0 aromatic carbocycles. The van der Waals surface area contributed by atoms with Crippen LogP contribution in [0.2, 0.25) is 0 Å². The van der Waals surface area contributed by atoms with Crippen molar-refractivity contribution in [3.8, 4) is 0 Å². The standard InChI is InChI=1S/C9H12F6O2/c1-6(2)16-4-7(3,17-6)8(11,12)5(10)9(13,14)15/h5H,4H2,1-3H3. The van der Waals surface area contributed by atoms with Crippen molar-refractivity contribution in [2.75, 3.05) is 6.61 Å². The lowest BCUT2D eigenvalue weighted by molar-refractivity contribution is -0.300. The third-order valence-electron chi connectivity index (χ3n) is 2.48. The van der Waals surface area contributed by atoms with E-state index in [2.05, 4.69) is 0 Å². The lowest BCUT2D eigenvalue weighted by Crippen LogP contribution is -2.58. The number of ether oxygens (including phenoxy) is 2. The summed E-state index contributed by atoms with van der Waals surface area (Å²) in [6.45, 7) is 2.40. The normalized spacial score (nSPS) is 31.6. The van der Waals surface area contributed by atoms with Crippen LogP contribution >= 0.6 is 0 Å². The molecule has 0 saturated carbocycles. The summed E-state index contributed by atoms with van der Waals surface area (Å²) in [4.78, 5) is 0. The van der Waals surface area contributed by atoms with Crippen LogP contribution in [0, 0.1) is 0 Å². The molecule has 2 nitrogen and oxygen atoms in total. The van der Waals surface area contributed by atoms with Crippen LogP contribution in [0.4, 0.5) is 26.3 Å². The van der Waals surface area contributed by atoms with E-state index in [0.29, 0.717) is 6.92 Å². The third kappa shape index (κ3) is 2.52. The van der Waals surface area contributed by atoms with Gasteiger partial charge in [-0.2, -0.15) is 22.0 Å². The highest BCUT2D eigenvalue weighted by molar-refractivity contribution is 5.02. The molecule has 102 valence electrons. The van der Waals surface area contributed by atoms with Crippen molar-refractivity contribution in [1.29, 1.82) is 0 Å². The van der Waals surface area contributed by atoms with Crippen molar-refractivity contribution in [2.45, 2.75) is 50.4 Å². The first-order chi connectivity index (χ1) is 7.32. The zero-order chi connectivity index (χ0) is 13.7. The van der Waals surface area contributed by atoms with Gasteiger partial charge < -0.3 is 9.47 Å². The smallest absolute Gasteiger partial charge is 0.347 e. The summed E-state index contributed by atoms with van der Waals surface area (Å²) >= 11 is 0. The Kier molecular flexibility index (Phi) is 3.21. The third-order valence-corrected chi connectivity index (χ3v) is 2.48. The Morgan fingerprint density at radius 2 is 1.53 bits per heavy atom. The van der Waals surface area contributed by atoms with Gasteiger partial charge in [0.2, 0.25) is 0 Å². The molecule has 1 saturated heterocycles. The molecule has 0 aliphatic carbocycles. The molecule has 17 heavy (non-hydrogen) atoms. The molecule has 2 unspecified atom stereocenters. The Morgan fingerprint density at radius 3 is 1.82 bits per heavy atom. The van der Waals surface area contributed by atoms with Crippen molar-refractivity contribution in [1.82, 2.24) is 0 Å². The van der Waals surface area contributed by atoms with E-state index in [9.17, 15) is 26.3 Å². The highest BCUT2D eigenvalue weighted by Crippen LogP contribution is 2.47. The first kappa shape index (κ1) is 14.6. The minimum absolute atomic E-state index is 0.695. The van der Waals surface area contributed by atoms with Crippen LogP contribution in [-0.4, -0.2) is 36.3 Å². The molecule has 1 aliphatic heterocycles. The lowest BCUT2D eigenvalue weighted by atomic mass is 9.94. The zero-order valence-electron chi connectivity index (χ0n) is 9.37. The molecule has 0 aromatic heterocycles. The van der Waals surface area contributed by atoms with Crippen LogP contribution in [0.15, 0.2) is 0 Å². The average molecular weight is 266 g/mol. The van der Waals surface area contributed by atoms with Gasteiger partial charge in [-0.25, -0.2) is 4.39 Å². The monoisotopic (exact) mass is 266 g/mol.